The second-order valence-corrected chi connectivity index (χ2v) is 11.0. The minimum Gasteiger partial charge on any atom is -0.496 e. The van der Waals surface area contributed by atoms with E-state index in [1.54, 1.807) is 85.8 Å². The number of aliphatic hydroxyl groups excluding tert-OH is 1. The summed E-state index contributed by atoms with van der Waals surface area (Å²) >= 11 is 0. The number of carbonyl (C=O) groups excluding carboxylic acids is 1. The molecule has 0 saturated carbocycles. The summed E-state index contributed by atoms with van der Waals surface area (Å²) in [5, 5.41) is 11.4. The van der Waals surface area contributed by atoms with Gasteiger partial charge in [0.2, 0.25) is 12.0 Å². The molecule has 0 fully saturated rings. The Labute approximate surface area is 222 Å². The number of anilines is 1. The van der Waals surface area contributed by atoms with Gasteiger partial charge in [-0.3, -0.25) is 4.31 Å². The molecule has 9 heteroatoms. The molecule has 3 aromatic carbocycles. The largest absolute Gasteiger partial charge is 0.496 e. The number of allylic oxidation sites excluding steroid dienone is 1. The number of methoxy groups -OCH3 is 1. The molecule has 38 heavy (non-hydrogen) atoms. The fourth-order valence-electron chi connectivity index (χ4n) is 5.29. The van der Waals surface area contributed by atoms with Crippen LogP contribution in [0.15, 0.2) is 89.5 Å². The Kier molecular flexibility index (Phi) is 6.90. The molecule has 0 amide bonds. The molecule has 2 aliphatic heterocycles. The maximum atomic E-state index is 14.4. The summed E-state index contributed by atoms with van der Waals surface area (Å²) in [4.78, 5) is 12.7. The van der Waals surface area contributed by atoms with Crippen molar-refractivity contribution in [1.82, 2.24) is 0 Å². The van der Waals surface area contributed by atoms with E-state index < -0.39 is 40.2 Å². The quantitative estimate of drug-likeness (QED) is 0.465. The number of rotatable bonds is 6. The van der Waals surface area contributed by atoms with Gasteiger partial charge in [0.05, 0.1) is 36.3 Å². The van der Waals surface area contributed by atoms with Crippen LogP contribution in [0.4, 0.5) is 5.69 Å². The summed E-state index contributed by atoms with van der Waals surface area (Å²) in [6.45, 7) is 3.71. The van der Waals surface area contributed by atoms with Gasteiger partial charge in [-0.1, -0.05) is 54.1 Å². The second kappa shape index (κ2) is 10.2. The number of fused-ring (bicyclic) bond motifs is 3. The smallest absolute Gasteiger partial charge is 0.373 e. The molecular formula is C29H29NO7S. The van der Waals surface area contributed by atoms with Gasteiger partial charge >= 0.3 is 5.97 Å². The topological polar surface area (TPSA) is 102 Å². The van der Waals surface area contributed by atoms with E-state index >= 15 is 0 Å². The number of carbonyl (C=O) groups is 1. The summed E-state index contributed by atoms with van der Waals surface area (Å²) in [7, 11) is -2.62. The number of nitrogens with zero attached hydrogens (tertiary/aromatic N) is 1. The van der Waals surface area contributed by atoms with Gasteiger partial charge in [0.1, 0.15) is 5.75 Å². The summed E-state index contributed by atoms with van der Waals surface area (Å²) in [5.74, 6) is -1.68. The molecule has 0 radical (unpaired) electrons. The van der Waals surface area contributed by atoms with Crippen molar-refractivity contribution in [3.63, 3.8) is 0 Å². The Bertz CT molecular complexity index is 1480. The molecule has 0 aromatic heterocycles. The molecule has 0 unspecified atom stereocenters. The average molecular weight is 536 g/mol. The maximum Gasteiger partial charge on any atom is 0.373 e. The number of para-hydroxylation sites is 2. The molecule has 2 aliphatic rings. The van der Waals surface area contributed by atoms with E-state index in [1.807, 2.05) is 6.92 Å². The van der Waals surface area contributed by atoms with E-state index in [0.29, 0.717) is 22.6 Å². The van der Waals surface area contributed by atoms with Crippen LogP contribution in [0.25, 0.3) is 0 Å². The van der Waals surface area contributed by atoms with Gasteiger partial charge in [-0.15, -0.1) is 0 Å². The molecule has 1 N–H and O–H groups in total. The Balaban J connectivity index is 1.79. The van der Waals surface area contributed by atoms with Gasteiger partial charge in [0.25, 0.3) is 10.0 Å². The number of sulfonamides is 1. The predicted octanol–water partition coefficient (Wildman–Crippen LogP) is 4.45. The minimum absolute atomic E-state index is 0.107. The molecule has 3 aromatic rings. The van der Waals surface area contributed by atoms with E-state index in [1.165, 1.54) is 11.4 Å². The highest BCUT2D eigenvalue weighted by molar-refractivity contribution is 7.92. The van der Waals surface area contributed by atoms with Crippen molar-refractivity contribution in [2.24, 2.45) is 5.92 Å². The van der Waals surface area contributed by atoms with E-state index in [4.69, 9.17) is 14.2 Å². The molecule has 4 atom stereocenters. The summed E-state index contributed by atoms with van der Waals surface area (Å²) in [6, 6.07) is 19.9. The van der Waals surface area contributed by atoms with Crippen LogP contribution in [0, 0.1) is 12.8 Å². The number of hydrogen-bond acceptors (Lipinski definition) is 7. The van der Waals surface area contributed by atoms with Crippen LogP contribution in [0.1, 0.15) is 35.6 Å². The second-order valence-electron chi connectivity index (χ2n) is 9.22. The fourth-order valence-corrected chi connectivity index (χ4v) is 6.98. The first-order chi connectivity index (χ1) is 18.3. The first-order valence-electron chi connectivity index (χ1n) is 12.3. The van der Waals surface area contributed by atoms with E-state index in [0.717, 1.165) is 5.56 Å². The molecule has 0 saturated heterocycles. The Hall–Kier alpha value is -3.82. The zero-order valence-electron chi connectivity index (χ0n) is 21.3. The lowest BCUT2D eigenvalue weighted by Gasteiger charge is -2.49. The van der Waals surface area contributed by atoms with Gasteiger partial charge in [-0.05, 0) is 49.8 Å². The third-order valence-corrected chi connectivity index (χ3v) is 8.79. The lowest BCUT2D eigenvalue weighted by Crippen LogP contribution is -2.50. The van der Waals surface area contributed by atoms with Crippen molar-refractivity contribution in [3.8, 4) is 5.75 Å². The van der Waals surface area contributed by atoms with Crippen LogP contribution in [0.2, 0.25) is 0 Å². The first-order valence-corrected chi connectivity index (χ1v) is 13.8. The Morgan fingerprint density at radius 3 is 2.34 bits per heavy atom. The number of aryl methyl sites for hydroxylation is 1. The van der Waals surface area contributed by atoms with E-state index in [2.05, 4.69) is 0 Å². The van der Waals surface area contributed by atoms with E-state index in [-0.39, 0.29) is 17.3 Å². The van der Waals surface area contributed by atoms with Gasteiger partial charge in [-0.2, -0.15) is 0 Å². The first kappa shape index (κ1) is 25.8. The standard InChI is InChI=1S/C29H29NO7S/c1-4-36-28(31)25-17-22-20-9-5-7-11-23(20)30(38(33,34)19-15-13-18(2)14-16-19)27(26(22)29(32)37-25)21-10-6-8-12-24(21)35-3/h5-17,22,26-27,29,32H,4H2,1-3H3/t22-,26+,27-,29+/m1/s1. The molecule has 0 bridgehead atoms. The number of esters is 1. The third-order valence-electron chi connectivity index (χ3n) is 6.99. The Morgan fingerprint density at radius 2 is 1.66 bits per heavy atom. The van der Waals surface area contributed by atoms with Gasteiger partial charge in [0, 0.05) is 11.5 Å². The normalized spacial score (nSPS) is 22.4. The number of ether oxygens (including phenoxy) is 3. The van der Waals surface area contributed by atoms with Crippen LogP contribution < -0.4 is 9.04 Å². The minimum atomic E-state index is -4.13. The van der Waals surface area contributed by atoms with Crippen molar-refractivity contribution in [2.45, 2.75) is 37.0 Å². The van der Waals surface area contributed by atoms with Crippen LogP contribution >= 0.6 is 0 Å². The molecule has 2 heterocycles. The zero-order valence-corrected chi connectivity index (χ0v) is 22.1. The fraction of sp³-hybridized carbons (Fsp3) is 0.276. The average Bonchev–Trinajstić information content (AvgIpc) is 2.92. The maximum absolute atomic E-state index is 14.4. The molecule has 0 spiro atoms. The molecule has 8 nitrogen and oxygen atoms in total. The van der Waals surface area contributed by atoms with Crippen LogP contribution in [-0.4, -0.2) is 39.5 Å². The lowest BCUT2D eigenvalue weighted by molar-refractivity contribution is -0.161. The van der Waals surface area contributed by atoms with Gasteiger partial charge in [0.15, 0.2) is 0 Å². The number of benzene rings is 3. The van der Waals surface area contributed by atoms with Crippen molar-refractivity contribution in [3.05, 3.63) is 101 Å². The monoisotopic (exact) mass is 535 g/mol. The predicted molar refractivity (Wildman–Crippen MR) is 141 cm³/mol. The van der Waals surface area contributed by atoms with Gasteiger partial charge in [-0.25, -0.2) is 13.2 Å². The summed E-state index contributed by atoms with van der Waals surface area (Å²) in [5.41, 5.74) is 2.57. The van der Waals surface area contributed by atoms with Crippen LogP contribution in [-0.2, 0) is 24.3 Å². The highest BCUT2D eigenvalue weighted by Gasteiger charge is 2.52. The highest BCUT2D eigenvalue weighted by Crippen LogP contribution is 2.55. The SMILES string of the molecule is CCOC(=O)C1=C[C@@H]2c3ccccc3N(S(=O)(=O)c3ccc(C)cc3)[C@H](c3ccccc3OC)[C@H]2[C@@H](O)O1. The third kappa shape index (κ3) is 4.31. The molecule has 5 rings (SSSR count). The number of aliphatic hydroxyl groups is 1. The van der Waals surface area contributed by atoms with Crippen molar-refractivity contribution >= 4 is 21.7 Å². The summed E-state index contributed by atoms with van der Waals surface area (Å²) in [6.07, 6.45) is 0.107. The van der Waals surface area contributed by atoms with Gasteiger partial charge < -0.3 is 19.3 Å². The number of hydrogen-bond donors (Lipinski definition) is 1. The van der Waals surface area contributed by atoms with Crippen molar-refractivity contribution in [2.75, 3.05) is 18.0 Å². The van der Waals surface area contributed by atoms with E-state index in [9.17, 15) is 18.3 Å². The zero-order chi connectivity index (χ0) is 27.0. The Morgan fingerprint density at radius 1 is 1.00 bits per heavy atom. The van der Waals surface area contributed by atoms with Crippen LogP contribution in [0.5, 0.6) is 5.75 Å². The highest BCUT2D eigenvalue weighted by atomic mass is 32.2. The van der Waals surface area contributed by atoms with Crippen molar-refractivity contribution < 1.29 is 32.5 Å². The molecular weight excluding hydrogens is 506 g/mol. The van der Waals surface area contributed by atoms with Crippen LogP contribution in [0.3, 0.4) is 0 Å². The van der Waals surface area contributed by atoms with Crippen molar-refractivity contribution in [1.29, 1.82) is 0 Å². The summed E-state index contributed by atoms with van der Waals surface area (Å²) < 4.78 is 46.5. The molecule has 0 aliphatic carbocycles. The molecule has 198 valence electrons. The lowest BCUT2D eigenvalue weighted by atomic mass is 9.73.